The number of amides is 4. The normalized spacial score (nSPS) is 26.4. The van der Waals surface area contributed by atoms with Crippen LogP contribution in [0.1, 0.15) is 30.9 Å². The molecule has 4 atom stereocenters. The Balaban J connectivity index is 1.34. The van der Waals surface area contributed by atoms with Crippen molar-refractivity contribution < 1.29 is 19.2 Å². The first-order chi connectivity index (χ1) is 16.8. The van der Waals surface area contributed by atoms with Crippen LogP contribution in [0, 0.1) is 23.7 Å². The number of carbonyl (C=O) groups is 4. The van der Waals surface area contributed by atoms with Crippen molar-refractivity contribution in [3.8, 4) is 0 Å². The average molecular weight is 511 g/mol. The predicted octanol–water partition coefficient (Wildman–Crippen LogP) is 4.64. The van der Waals surface area contributed by atoms with E-state index in [1.165, 1.54) is 9.80 Å². The van der Waals surface area contributed by atoms with E-state index in [4.69, 9.17) is 23.2 Å². The van der Waals surface area contributed by atoms with Crippen molar-refractivity contribution in [1.29, 1.82) is 0 Å². The minimum atomic E-state index is -0.554. The van der Waals surface area contributed by atoms with Crippen molar-refractivity contribution in [2.24, 2.45) is 23.7 Å². The molecule has 0 spiro atoms. The summed E-state index contributed by atoms with van der Waals surface area (Å²) in [7, 11) is 0. The third kappa shape index (κ3) is 4.19. The van der Waals surface area contributed by atoms with Crippen molar-refractivity contribution in [3.63, 3.8) is 0 Å². The fourth-order valence-electron chi connectivity index (χ4n) is 5.58. The third-order valence-corrected chi connectivity index (χ3v) is 8.12. The Morgan fingerprint density at radius 3 is 1.91 bits per heavy atom. The van der Waals surface area contributed by atoms with Gasteiger partial charge in [-0.05, 0) is 42.5 Å². The maximum Gasteiger partial charge on any atom is 0.237 e. The van der Waals surface area contributed by atoms with Gasteiger partial charge >= 0.3 is 0 Å². The quantitative estimate of drug-likeness (QED) is 0.433. The number of nitrogens with zero attached hydrogens (tertiary/aromatic N) is 2. The number of halogens is 2. The molecule has 8 heteroatoms. The number of rotatable bonds is 5. The van der Waals surface area contributed by atoms with Crippen molar-refractivity contribution in [2.45, 2.75) is 32.9 Å². The van der Waals surface area contributed by atoms with Gasteiger partial charge in [-0.2, -0.15) is 0 Å². The number of imide groups is 2. The number of likely N-dealkylation sites (tertiary alicyclic amines) is 2. The van der Waals surface area contributed by atoms with E-state index in [0.29, 0.717) is 27.6 Å². The van der Waals surface area contributed by atoms with E-state index in [-0.39, 0.29) is 49.1 Å². The fraction of sp³-hybridized carbons (Fsp3) is 0.333. The second kappa shape index (κ2) is 9.25. The molecule has 0 unspecified atom stereocenters. The van der Waals surface area contributed by atoms with Gasteiger partial charge in [-0.1, -0.05) is 71.2 Å². The molecule has 2 fully saturated rings. The van der Waals surface area contributed by atoms with Gasteiger partial charge in [0.2, 0.25) is 23.6 Å². The number of benzene rings is 2. The van der Waals surface area contributed by atoms with Crippen LogP contribution in [-0.2, 0) is 32.3 Å². The summed E-state index contributed by atoms with van der Waals surface area (Å²) in [5, 5.41) is 1.00. The summed E-state index contributed by atoms with van der Waals surface area (Å²) in [4.78, 5) is 55.1. The van der Waals surface area contributed by atoms with E-state index >= 15 is 0 Å². The molecule has 0 bridgehead atoms. The molecule has 35 heavy (non-hydrogen) atoms. The molecule has 0 saturated carbocycles. The predicted molar refractivity (Wildman–Crippen MR) is 131 cm³/mol. The molecular weight excluding hydrogens is 487 g/mol. The van der Waals surface area contributed by atoms with E-state index in [1.807, 2.05) is 25.1 Å². The third-order valence-electron chi connectivity index (χ3n) is 7.38. The van der Waals surface area contributed by atoms with E-state index in [9.17, 15) is 19.2 Å². The van der Waals surface area contributed by atoms with Crippen LogP contribution in [0.4, 0.5) is 0 Å². The molecule has 2 heterocycles. The summed E-state index contributed by atoms with van der Waals surface area (Å²) in [6.07, 6.45) is 2.36. The van der Waals surface area contributed by atoms with Crippen molar-refractivity contribution >= 4 is 46.8 Å². The highest BCUT2D eigenvalue weighted by molar-refractivity contribution is 6.31. The van der Waals surface area contributed by atoms with Crippen molar-refractivity contribution in [3.05, 3.63) is 81.4 Å². The molecule has 2 saturated heterocycles. The fourth-order valence-corrected chi connectivity index (χ4v) is 5.97. The lowest BCUT2D eigenvalue weighted by molar-refractivity contribution is -0.142. The molecule has 0 aromatic heterocycles. The summed E-state index contributed by atoms with van der Waals surface area (Å²) in [6, 6.07) is 14.3. The van der Waals surface area contributed by atoms with E-state index < -0.39 is 17.8 Å². The first-order valence-corrected chi connectivity index (χ1v) is 12.4. The Morgan fingerprint density at radius 1 is 0.771 bits per heavy atom. The molecule has 6 nitrogen and oxygen atoms in total. The zero-order valence-electron chi connectivity index (χ0n) is 19.1. The Bertz CT molecular complexity index is 1270. The molecule has 180 valence electrons. The van der Waals surface area contributed by atoms with Crippen LogP contribution in [-0.4, -0.2) is 33.4 Å². The van der Waals surface area contributed by atoms with Crippen molar-refractivity contribution in [2.75, 3.05) is 0 Å². The second-order valence-electron chi connectivity index (χ2n) is 9.47. The lowest BCUT2D eigenvalue weighted by Gasteiger charge is -2.29. The minimum absolute atomic E-state index is 0.0839. The summed E-state index contributed by atoms with van der Waals surface area (Å²) in [5.41, 5.74) is 2.19. The molecule has 3 aliphatic rings. The van der Waals surface area contributed by atoms with Gasteiger partial charge in [0, 0.05) is 16.5 Å². The molecule has 1 aliphatic carbocycles. The summed E-state index contributed by atoms with van der Waals surface area (Å²) < 4.78 is 0. The Hall–Kier alpha value is -2.96. The van der Waals surface area contributed by atoms with Crippen LogP contribution in [0.5, 0.6) is 0 Å². The minimum Gasteiger partial charge on any atom is -0.278 e. The Labute approximate surface area is 213 Å². The lowest BCUT2D eigenvalue weighted by Crippen LogP contribution is -2.34. The van der Waals surface area contributed by atoms with Gasteiger partial charge in [-0.25, -0.2) is 0 Å². The molecule has 2 aromatic rings. The summed E-state index contributed by atoms with van der Waals surface area (Å²) in [5.74, 6) is -2.91. The molecule has 0 radical (unpaired) electrons. The van der Waals surface area contributed by atoms with Crippen molar-refractivity contribution in [1.82, 2.24) is 9.80 Å². The zero-order chi connectivity index (χ0) is 24.9. The maximum atomic E-state index is 13.3. The molecule has 2 aromatic carbocycles. The molecule has 2 aliphatic heterocycles. The number of fused-ring (bicyclic) bond motifs is 1. The monoisotopic (exact) mass is 510 g/mol. The highest BCUT2D eigenvalue weighted by Gasteiger charge is 2.53. The van der Waals surface area contributed by atoms with Gasteiger partial charge in [0.05, 0.1) is 30.8 Å². The zero-order valence-corrected chi connectivity index (χ0v) is 20.6. The average Bonchev–Trinajstić information content (AvgIpc) is 3.24. The first kappa shape index (κ1) is 23.8. The van der Waals surface area contributed by atoms with E-state index in [0.717, 1.165) is 5.57 Å². The van der Waals surface area contributed by atoms with Gasteiger partial charge in [-0.3, -0.25) is 29.0 Å². The number of hydrogen-bond donors (Lipinski definition) is 0. The molecular formula is C27H24Cl2N2O4. The second-order valence-corrected chi connectivity index (χ2v) is 10.3. The van der Waals surface area contributed by atoms with Crippen LogP contribution in [0.15, 0.2) is 60.2 Å². The maximum absolute atomic E-state index is 13.3. The first-order valence-electron chi connectivity index (χ1n) is 11.6. The highest BCUT2D eigenvalue weighted by Crippen LogP contribution is 2.45. The standard InChI is InChI=1S/C27H24Cl2N2O4/c1-15-10-18(19-12-23(32)30(25(19)33)13-16-6-2-4-8-21(16)28)11-20-24(15)27(35)31(26(20)34)14-17-7-3-5-9-22(17)29/h2-10,18-20,24H,11-14H2,1H3/t18-,19-,20-,24+/m0/s1. The van der Waals surface area contributed by atoms with Gasteiger partial charge in [0.15, 0.2) is 0 Å². The number of carbonyl (C=O) groups excluding carboxylic acids is 4. The topological polar surface area (TPSA) is 74.8 Å². The van der Waals surface area contributed by atoms with E-state index in [1.54, 1.807) is 36.4 Å². The van der Waals surface area contributed by atoms with Gasteiger partial charge in [0.25, 0.3) is 0 Å². The van der Waals surface area contributed by atoms with Crippen LogP contribution >= 0.6 is 23.2 Å². The van der Waals surface area contributed by atoms with Crippen LogP contribution in [0.3, 0.4) is 0 Å². The largest absolute Gasteiger partial charge is 0.278 e. The molecule has 5 rings (SSSR count). The molecule has 4 amide bonds. The van der Waals surface area contributed by atoms with E-state index in [2.05, 4.69) is 0 Å². The Kier molecular flexibility index (Phi) is 6.28. The van der Waals surface area contributed by atoms with Crippen LogP contribution in [0.25, 0.3) is 0 Å². The van der Waals surface area contributed by atoms with Gasteiger partial charge in [0.1, 0.15) is 0 Å². The summed E-state index contributed by atoms with van der Waals surface area (Å²) >= 11 is 12.5. The smallest absolute Gasteiger partial charge is 0.237 e. The number of hydrogen-bond acceptors (Lipinski definition) is 4. The Morgan fingerprint density at radius 2 is 1.31 bits per heavy atom. The van der Waals surface area contributed by atoms with Gasteiger partial charge in [-0.15, -0.1) is 0 Å². The summed E-state index contributed by atoms with van der Waals surface area (Å²) in [6.45, 7) is 2.07. The van der Waals surface area contributed by atoms with Gasteiger partial charge < -0.3 is 0 Å². The lowest BCUT2D eigenvalue weighted by atomic mass is 9.71. The van der Waals surface area contributed by atoms with Crippen LogP contribution < -0.4 is 0 Å². The highest BCUT2D eigenvalue weighted by atomic mass is 35.5. The number of allylic oxidation sites excluding steroid dienone is 1. The SMILES string of the molecule is CC1=C[C@H]([C@@H]2CC(=O)N(Cc3ccccc3Cl)C2=O)C[C@@H]2C(=O)N(Cc3ccccc3Cl)C(=O)[C@H]12. The van der Waals surface area contributed by atoms with Crippen LogP contribution in [0.2, 0.25) is 10.0 Å². The molecule has 0 N–H and O–H groups in total.